The summed E-state index contributed by atoms with van der Waals surface area (Å²) in [5.41, 5.74) is 1.70. The molecule has 3 heteroatoms. The fourth-order valence-electron chi connectivity index (χ4n) is 2.11. The largest absolute Gasteiger partial charge is 0.493 e. The molecule has 0 amide bonds. The van der Waals surface area contributed by atoms with Gasteiger partial charge in [0, 0.05) is 0 Å². The number of hydrogen-bond donors (Lipinski definition) is 0. The summed E-state index contributed by atoms with van der Waals surface area (Å²) in [5.74, 6) is 0.960. The maximum absolute atomic E-state index is 12.2. The number of hydrogen-bond acceptors (Lipinski definition) is 3. The summed E-state index contributed by atoms with van der Waals surface area (Å²) in [7, 11) is 0. The minimum atomic E-state index is -0.117. The molecule has 1 aromatic carbocycles. The van der Waals surface area contributed by atoms with Crippen molar-refractivity contribution in [1.82, 2.24) is 0 Å². The standard InChI is InChI=1S/C14H12O3/c15-13(12-7-3-8-16-12)11-6-1-4-10-5-2-9-17-14(10)11/h1,3-4,6-8H,2,5,9H2. The number of carbonyl (C=O) groups is 1. The van der Waals surface area contributed by atoms with Crippen molar-refractivity contribution >= 4 is 5.78 Å². The van der Waals surface area contributed by atoms with Gasteiger partial charge in [-0.2, -0.15) is 0 Å². The summed E-state index contributed by atoms with van der Waals surface area (Å²) in [4.78, 5) is 12.2. The average molecular weight is 228 g/mol. The van der Waals surface area contributed by atoms with E-state index in [1.54, 1.807) is 18.2 Å². The Kier molecular flexibility index (Phi) is 2.44. The van der Waals surface area contributed by atoms with Crippen LogP contribution in [0.1, 0.15) is 28.1 Å². The molecule has 17 heavy (non-hydrogen) atoms. The van der Waals surface area contributed by atoms with Gasteiger partial charge in [0.2, 0.25) is 5.78 Å². The molecule has 0 atom stereocenters. The number of rotatable bonds is 2. The zero-order valence-electron chi connectivity index (χ0n) is 9.31. The summed E-state index contributed by atoms with van der Waals surface area (Å²) < 4.78 is 10.7. The van der Waals surface area contributed by atoms with Crippen LogP contribution in [0.25, 0.3) is 0 Å². The van der Waals surface area contributed by atoms with Gasteiger partial charge in [-0.3, -0.25) is 4.79 Å². The van der Waals surface area contributed by atoms with Gasteiger partial charge >= 0.3 is 0 Å². The van der Waals surface area contributed by atoms with Gasteiger partial charge in [-0.05, 0) is 36.6 Å². The number of aryl methyl sites for hydroxylation is 1. The predicted octanol–water partition coefficient (Wildman–Crippen LogP) is 2.84. The minimum absolute atomic E-state index is 0.117. The van der Waals surface area contributed by atoms with Crippen LogP contribution in [-0.2, 0) is 6.42 Å². The Hall–Kier alpha value is -2.03. The zero-order valence-corrected chi connectivity index (χ0v) is 9.31. The molecule has 1 aliphatic heterocycles. The Morgan fingerprint density at radius 2 is 2.12 bits per heavy atom. The number of ether oxygens (including phenoxy) is 1. The molecular weight excluding hydrogens is 216 g/mol. The quantitative estimate of drug-likeness (QED) is 0.742. The van der Waals surface area contributed by atoms with E-state index in [0.29, 0.717) is 17.9 Å². The van der Waals surface area contributed by atoms with E-state index in [1.807, 2.05) is 12.1 Å². The maximum Gasteiger partial charge on any atom is 0.231 e. The number of carbonyl (C=O) groups excluding carboxylic acids is 1. The number of benzene rings is 1. The molecule has 0 saturated heterocycles. The van der Waals surface area contributed by atoms with Crippen molar-refractivity contribution in [3.8, 4) is 5.75 Å². The Morgan fingerprint density at radius 1 is 1.18 bits per heavy atom. The van der Waals surface area contributed by atoms with E-state index in [1.165, 1.54) is 6.26 Å². The van der Waals surface area contributed by atoms with E-state index in [9.17, 15) is 4.79 Å². The van der Waals surface area contributed by atoms with Crippen LogP contribution in [0.2, 0.25) is 0 Å². The number of furan rings is 1. The van der Waals surface area contributed by atoms with Crippen LogP contribution in [-0.4, -0.2) is 12.4 Å². The lowest BCUT2D eigenvalue weighted by Gasteiger charge is -2.19. The summed E-state index contributed by atoms with van der Waals surface area (Å²) in [6.07, 6.45) is 3.48. The van der Waals surface area contributed by atoms with E-state index < -0.39 is 0 Å². The van der Waals surface area contributed by atoms with Gasteiger partial charge in [0.05, 0.1) is 18.4 Å². The minimum Gasteiger partial charge on any atom is -0.493 e. The molecule has 1 aromatic heterocycles. The summed E-state index contributed by atoms with van der Waals surface area (Å²) >= 11 is 0. The molecule has 2 aromatic rings. The van der Waals surface area contributed by atoms with Crippen LogP contribution in [0.15, 0.2) is 41.0 Å². The molecule has 0 saturated carbocycles. The third-order valence-corrected chi connectivity index (χ3v) is 2.92. The molecule has 0 unspecified atom stereocenters. The Balaban J connectivity index is 2.06. The van der Waals surface area contributed by atoms with Gasteiger partial charge in [0.1, 0.15) is 5.75 Å². The van der Waals surface area contributed by atoms with E-state index in [2.05, 4.69) is 0 Å². The molecule has 1 aliphatic rings. The first-order valence-corrected chi connectivity index (χ1v) is 5.69. The van der Waals surface area contributed by atoms with Gasteiger partial charge in [-0.25, -0.2) is 0 Å². The highest BCUT2D eigenvalue weighted by Gasteiger charge is 2.21. The fourth-order valence-corrected chi connectivity index (χ4v) is 2.11. The van der Waals surface area contributed by atoms with Gasteiger partial charge in [-0.1, -0.05) is 12.1 Å². The maximum atomic E-state index is 12.2. The lowest BCUT2D eigenvalue weighted by Crippen LogP contribution is -2.13. The SMILES string of the molecule is O=C(c1ccco1)c1cccc2c1OCCC2. The zero-order chi connectivity index (χ0) is 11.7. The van der Waals surface area contributed by atoms with Crippen molar-refractivity contribution in [2.24, 2.45) is 0 Å². The molecule has 2 heterocycles. The topological polar surface area (TPSA) is 39.4 Å². The summed E-state index contributed by atoms with van der Waals surface area (Å²) in [6.45, 7) is 0.676. The second kappa shape index (κ2) is 4.09. The van der Waals surface area contributed by atoms with Crippen molar-refractivity contribution in [2.45, 2.75) is 12.8 Å². The monoisotopic (exact) mass is 228 g/mol. The highest BCUT2D eigenvalue weighted by molar-refractivity contribution is 6.09. The van der Waals surface area contributed by atoms with E-state index in [0.717, 1.165) is 24.2 Å². The number of fused-ring (bicyclic) bond motifs is 1. The molecule has 0 N–H and O–H groups in total. The van der Waals surface area contributed by atoms with E-state index >= 15 is 0 Å². The van der Waals surface area contributed by atoms with E-state index in [4.69, 9.17) is 9.15 Å². The first-order chi connectivity index (χ1) is 8.36. The second-order valence-corrected chi connectivity index (χ2v) is 4.05. The molecule has 0 bridgehead atoms. The summed E-state index contributed by atoms with van der Waals surface area (Å²) in [6, 6.07) is 9.07. The van der Waals surface area contributed by atoms with Gasteiger partial charge < -0.3 is 9.15 Å². The van der Waals surface area contributed by atoms with Crippen molar-refractivity contribution in [1.29, 1.82) is 0 Å². The highest BCUT2D eigenvalue weighted by Crippen LogP contribution is 2.30. The third-order valence-electron chi connectivity index (χ3n) is 2.92. The molecule has 86 valence electrons. The Labute approximate surface area is 99.0 Å². The fraction of sp³-hybridized carbons (Fsp3) is 0.214. The molecule has 0 spiro atoms. The molecule has 0 aliphatic carbocycles. The van der Waals surface area contributed by atoms with Crippen LogP contribution in [0.5, 0.6) is 5.75 Å². The van der Waals surface area contributed by atoms with Crippen LogP contribution < -0.4 is 4.74 Å². The smallest absolute Gasteiger partial charge is 0.231 e. The van der Waals surface area contributed by atoms with Gasteiger partial charge in [-0.15, -0.1) is 0 Å². The normalized spacial score (nSPS) is 13.9. The van der Waals surface area contributed by atoms with Crippen LogP contribution >= 0.6 is 0 Å². The van der Waals surface area contributed by atoms with Gasteiger partial charge in [0.25, 0.3) is 0 Å². The first kappa shape index (κ1) is 10.1. The lowest BCUT2D eigenvalue weighted by molar-refractivity contribution is 0.100. The van der Waals surface area contributed by atoms with Crippen LogP contribution in [0.3, 0.4) is 0 Å². The van der Waals surface area contributed by atoms with Crippen molar-refractivity contribution < 1.29 is 13.9 Å². The molecule has 3 nitrogen and oxygen atoms in total. The first-order valence-electron chi connectivity index (χ1n) is 5.69. The highest BCUT2D eigenvalue weighted by atomic mass is 16.5. The Morgan fingerprint density at radius 3 is 2.94 bits per heavy atom. The lowest BCUT2D eigenvalue weighted by atomic mass is 9.99. The third kappa shape index (κ3) is 1.73. The van der Waals surface area contributed by atoms with Crippen molar-refractivity contribution in [2.75, 3.05) is 6.61 Å². The van der Waals surface area contributed by atoms with Crippen LogP contribution in [0, 0.1) is 0 Å². The molecule has 0 fully saturated rings. The van der Waals surface area contributed by atoms with Crippen molar-refractivity contribution in [3.05, 3.63) is 53.5 Å². The van der Waals surface area contributed by atoms with Crippen LogP contribution in [0.4, 0.5) is 0 Å². The van der Waals surface area contributed by atoms with Crippen molar-refractivity contribution in [3.63, 3.8) is 0 Å². The second-order valence-electron chi connectivity index (χ2n) is 4.05. The molecular formula is C14H12O3. The molecule has 3 rings (SSSR count). The van der Waals surface area contributed by atoms with E-state index in [-0.39, 0.29) is 5.78 Å². The summed E-state index contributed by atoms with van der Waals surface area (Å²) in [5, 5.41) is 0. The predicted molar refractivity (Wildman–Crippen MR) is 62.4 cm³/mol. The molecule has 0 radical (unpaired) electrons. The average Bonchev–Trinajstić information content (AvgIpc) is 2.91. The number of ketones is 1. The number of para-hydroxylation sites is 1. The Bertz CT molecular complexity index is 541. The van der Waals surface area contributed by atoms with Gasteiger partial charge in [0.15, 0.2) is 5.76 Å².